The second kappa shape index (κ2) is 7.88. The molecule has 26 heavy (non-hydrogen) atoms. The van der Waals surface area contributed by atoms with Gasteiger partial charge in [-0.05, 0) is 36.1 Å². The predicted molar refractivity (Wildman–Crippen MR) is 106 cm³/mol. The van der Waals surface area contributed by atoms with Crippen molar-refractivity contribution in [3.8, 4) is 0 Å². The van der Waals surface area contributed by atoms with Gasteiger partial charge in [0.05, 0.1) is 18.8 Å². The number of amidine groups is 1. The van der Waals surface area contributed by atoms with Gasteiger partial charge in [0.2, 0.25) is 10.0 Å². The largest absolute Gasteiger partial charge is 0.293 e. The van der Waals surface area contributed by atoms with Gasteiger partial charge in [0.15, 0.2) is 0 Å². The average Bonchev–Trinajstić information content (AvgIpc) is 3.03. The molecule has 0 radical (unpaired) electrons. The number of hydrogen-bond acceptors (Lipinski definition) is 5. The van der Waals surface area contributed by atoms with Gasteiger partial charge in [0, 0.05) is 11.3 Å². The fourth-order valence-corrected chi connectivity index (χ4v) is 4.05. The molecule has 0 spiro atoms. The van der Waals surface area contributed by atoms with Crippen LogP contribution >= 0.6 is 0 Å². The van der Waals surface area contributed by atoms with Crippen molar-refractivity contribution >= 4 is 21.5 Å². The highest BCUT2D eigenvalue weighted by molar-refractivity contribution is 7.92. The molecule has 0 unspecified atom stereocenters. The number of hydrogen-bond donors (Lipinski definition) is 2. The Morgan fingerprint density at radius 3 is 2.23 bits per heavy atom. The smallest absolute Gasteiger partial charge is 0.232 e. The Hall–Kier alpha value is -2.38. The minimum atomic E-state index is -3.25. The Kier molecular flexibility index (Phi) is 5.58. The Bertz CT molecular complexity index is 875. The van der Waals surface area contributed by atoms with Crippen molar-refractivity contribution in [2.75, 3.05) is 23.6 Å². The Labute approximate surface area is 154 Å². The van der Waals surface area contributed by atoms with Crippen molar-refractivity contribution in [1.29, 1.82) is 0 Å². The van der Waals surface area contributed by atoms with Crippen LogP contribution in [0, 0.1) is 0 Å². The molecule has 3 rings (SSSR count). The summed E-state index contributed by atoms with van der Waals surface area (Å²) in [5, 5.41) is 1.67. The summed E-state index contributed by atoms with van der Waals surface area (Å²) in [5.74, 6) is 6.87. The zero-order valence-electron chi connectivity index (χ0n) is 14.9. The zero-order valence-corrected chi connectivity index (χ0v) is 15.7. The first kappa shape index (κ1) is 18.4. The third-order valence-electron chi connectivity index (χ3n) is 4.20. The first-order valence-electron chi connectivity index (χ1n) is 8.72. The van der Waals surface area contributed by atoms with Crippen LogP contribution in [0.1, 0.15) is 30.0 Å². The summed E-state index contributed by atoms with van der Waals surface area (Å²) in [7, 11) is -3.25. The molecule has 0 amide bonds. The van der Waals surface area contributed by atoms with Crippen molar-refractivity contribution in [3.63, 3.8) is 0 Å². The summed E-state index contributed by atoms with van der Waals surface area (Å²) in [4.78, 5) is 4.41. The number of anilines is 1. The quantitative estimate of drug-likeness (QED) is 0.731. The number of nitrogens with two attached hydrogens (primary N) is 1. The Balaban J connectivity index is 1.64. The van der Waals surface area contributed by atoms with Crippen LogP contribution in [0.4, 0.5) is 5.69 Å². The molecule has 6 nitrogen and oxygen atoms in total. The summed E-state index contributed by atoms with van der Waals surface area (Å²) in [6.07, 6.45) is 1.37. The van der Waals surface area contributed by atoms with E-state index in [4.69, 9.17) is 5.84 Å². The minimum Gasteiger partial charge on any atom is -0.293 e. The van der Waals surface area contributed by atoms with E-state index < -0.39 is 10.0 Å². The van der Waals surface area contributed by atoms with Crippen LogP contribution < -0.4 is 10.6 Å². The van der Waals surface area contributed by atoms with E-state index in [-0.39, 0.29) is 5.75 Å². The predicted octanol–water partition coefficient (Wildman–Crippen LogP) is 2.37. The first-order valence-corrected chi connectivity index (χ1v) is 10.4. The molecule has 0 fully saturated rings. The lowest BCUT2D eigenvalue weighted by Crippen LogP contribution is -2.34. The van der Waals surface area contributed by atoms with Gasteiger partial charge in [-0.15, -0.1) is 0 Å². The molecule has 0 bridgehead atoms. The second-order valence-corrected chi connectivity index (χ2v) is 8.23. The lowest BCUT2D eigenvalue weighted by molar-refractivity contribution is 0.484. The maximum absolute atomic E-state index is 11.8. The van der Waals surface area contributed by atoms with Gasteiger partial charge in [-0.3, -0.25) is 14.7 Å². The molecule has 2 aromatic rings. The molecular formula is C19H24N4O2S. The molecule has 0 aromatic heterocycles. The van der Waals surface area contributed by atoms with E-state index in [9.17, 15) is 8.42 Å². The number of nitrogens with one attached hydrogen (secondary N) is 1. The van der Waals surface area contributed by atoms with Gasteiger partial charge in [0.25, 0.3) is 0 Å². The number of nitrogens with zero attached hydrogens (tertiary/aromatic N) is 2. The molecule has 1 aliphatic rings. The molecule has 7 heteroatoms. The van der Waals surface area contributed by atoms with Gasteiger partial charge in [-0.1, -0.05) is 43.3 Å². The van der Waals surface area contributed by atoms with E-state index in [1.165, 1.54) is 5.56 Å². The lowest BCUT2D eigenvalue weighted by atomic mass is 10.0. The number of benzene rings is 2. The van der Waals surface area contributed by atoms with Crippen LogP contribution in [0.15, 0.2) is 53.5 Å². The van der Waals surface area contributed by atoms with E-state index in [1.807, 2.05) is 31.2 Å². The highest BCUT2D eigenvalue weighted by Gasteiger charge is 2.15. The molecule has 3 N–H and O–H groups in total. The maximum atomic E-state index is 11.8. The molecule has 0 atom stereocenters. The number of rotatable bonds is 7. The molecule has 1 aliphatic heterocycles. The monoisotopic (exact) mass is 372 g/mol. The highest BCUT2D eigenvalue weighted by atomic mass is 32.2. The van der Waals surface area contributed by atoms with Crippen molar-refractivity contribution < 1.29 is 8.42 Å². The SMILES string of the molecule is CCCS(=O)(=O)Nc1ccc(Cc2ccc(C3=NCCN3N)cc2)cc1. The van der Waals surface area contributed by atoms with Crippen molar-refractivity contribution in [1.82, 2.24) is 5.01 Å². The van der Waals surface area contributed by atoms with E-state index in [0.717, 1.165) is 36.5 Å². The zero-order chi connectivity index (χ0) is 18.6. The van der Waals surface area contributed by atoms with Crippen molar-refractivity contribution in [2.24, 2.45) is 10.8 Å². The molecule has 0 saturated heterocycles. The standard InChI is InChI=1S/C19H24N4O2S/c1-2-13-26(24,25)22-18-9-5-16(6-10-18)14-15-3-7-17(8-4-15)19-21-11-12-23(19)20/h3-10,22H,2,11-14,20H2,1H3. The normalized spacial score (nSPS) is 14.4. The van der Waals surface area contributed by atoms with Gasteiger partial charge >= 0.3 is 0 Å². The van der Waals surface area contributed by atoms with Crippen LogP contribution in [0.2, 0.25) is 0 Å². The summed E-state index contributed by atoms with van der Waals surface area (Å²) in [6.45, 7) is 3.34. The van der Waals surface area contributed by atoms with Crippen molar-refractivity contribution in [2.45, 2.75) is 19.8 Å². The highest BCUT2D eigenvalue weighted by Crippen LogP contribution is 2.16. The molecule has 0 aliphatic carbocycles. The van der Waals surface area contributed by atoms with Crippen LogP contribution in [-0.2, 0) is 16.4 Å². The van der Waals surface area contributed by atoms with E-state index in [1.54, 1.807) is 17.1 Å². The summed E-state index contributed by atoms with van der Waals surface area (Å²) >= 11 is 0. The van der Waals surface area contributed by atoms with E-state index in [2.05, 4.69) is 21.8 Å². The third kappa shape index (κ3) is 4.62. The molecule has 0 saturated carbocycles. The van der Waals surface area contributed by atoms with Crippen LogP contribution in [0.3, 0.4) is 0 Å². The van der Waals surface area contributed by atoms with Gasteiger partial charge in [-0.2, -0.15) is 0 Å². The fraction of sp³-hybridized carbons (Fsp3) is 0.316. The summed E-state index contributed by atoms with van der Waals surface area (Å²) in [5.41, 5.74) is 3.92. The van der Waals surface area contributed by atoms with E-state index >= 15 is 0 Å². The van der Waals surface area contributed by atoms with Gasteiger partial charge < -0.3 is 0 Å². The first-order chi connectivity index (χ1) is 12.5. The third-order valence-corrected chi connectivity index (χ3v) is 5.69. The van der Waals surface area contributed by atoms with Gasteiger partial charge in [-0.25, -0.2) is 14.3 Å². The molecule has 1 heterocycles. The molecular weight excluding hydrogens is 348 g/mol. The van der Waals surface area contributed by atoms with Crippen LogP contribution in [0.5, 0.6) is 0 Å². The number of sulfonamides is 1. The minimum absolute atomic E-state index is 0.132. The summed E-state index contributed by atoms with van der Waals surface area (Å²) in [6, 6.07) is 15.7. The number of aliphatic imine (C=N–C) groups is 1. The Morgan fingerprint density at radius 1 is 1.08 bits per heavy atom. The maximum Gasteiger partial charge on any atom is 0.232 e. The summed E-state index contributed by atoms with van der Waals surface area (Å²) < 4.78 is 26.2. The second-order valence-electron chi connectivity index (χ2n) is 6.39. The molecule has 138 valence electrons. The number of hydrazine groups is 1. The van der Waals surface area contributed by atoms with Crippen LogP contribution in [0.25, 0.3) is 0 Å². The lowest BCUT2D eigenvalue weighted by Gasteiger charge is -2.13. The Morgan fingerprint density at radius 2 is 1.69 bits per heavy atom. The van der Waals surface area contributed by atoms with Gasteiger partial charge in [0.1, 0.15) is 5.84 Å². The van der Waals surface area contributed by atoms with Crippen LogP contribution in [-0.4, -0.2) is 38.1 Å². The van der Waals surface area contributed by atoms with E-state index in [0.29, 0.717) is 12.1 Å². The topological polar surface area (TPSA) is 87.8 Å². The molecule has 2 aromatic carbocycles. The average molecular weight is 372 g/mol. The fourth-order valence-electron chi connectivity index (χ4n) is 2.91. The van der Waals surface area contributed by atoms with Crippen molar-refractivity contribution in [3.05, 3.63) is 65.2 Å².